The van der Waals surface area contributed by atoms with Crippen molar-refractivity contribution in [2.24, 2.45) is 5.73 Å². The van der Waals surface area contributed by atoms with Crippen LogP contribution in [0.2, 0.25) is 0 Å². The molecule has 0 spiro atoms. The van der Waals surface area contributed by atoms with Gasteiger partial charge in [-0.15, -0.1) is 11.3 Å². The van der Waals surface area contributed by atoms with Crippen LogP contribution >= 0.6 is 11.3 Å². The van der Waals surface area contributed by atoms with Gasteiger partial charge in [0.15, 0.2) is 0 Å². The molecule has 1 saturated heterocycles. The van der Waals surface area contributed by atoms with E-state index in [0.717, 1.165) is 43.2 Å². The Kier molecular flexibility index (Phi) is 4.77. The lowest BCUT2D eigenvalue weighted by molar-refractivity contribution is 0.100. The van der Waals surface area contributed by atoms with Gasteiger partial charge in [0, 0.05) is 26.2 Å². The summed E-state index contributed by atoms with van der Waals surface area (Å²) >= 11 is 1.07. The molecule has 1 fully saturated rings. The molecule has 3 rings (SSSR count). The highest BCUT2D eigenvalue weighted by molar-refractivity contribution is 7.16. The summed E-state index contributed by atoms with van der Waals surface area (Å²) in [4.78, 5) is 32.9. The van der Waals surface area contributed by atoms with Crippen molar-refractivity contribution in [2.45, 2.75) is 0 Å². The number of carbonyl (C=O) groups excluding carboxylic acids is 2. The van der Waals surface area contributed by atoms with Crippen molar-refractivity contribution in [3.8, 4) is 0 Å². The minimum atomic E-state index is -0.534. The number of nitrogens with zero attached hydrogens (tertiary/aromatic N) is 3. The zero-order chi connectivity index (χ0) is 17.1. The molecule has 1 aliphatic heterocycles. The Morgan fingerprint density at radius 3 is 2.42 bits per heavy atom. The fourth-order valence-electron chi connectivity index (χ4n) is 2.48. The number of thiophene rings is 1. The van der Waals surface area contributed by atoms with Crippen molar-refractivity contribution >= 4 is 34.7 Å². The van der Waals surface area contributed by atoms with Crippen molar-refractivity contribution in [3.63, 3.8) is 0 Å². The van der Waals surface area contributed by atoms with Gasteiger partial charge in [-0.25, -0.2) is 4.98 Å². The SMILES string of the molecule is CN1CCN(c2ccc(NC(=O)c3ccc(C(N)=O)s3)nc2)CC1. The lowest BCUT2D eigenvalue weighted by Crippen LogP contribution is -2.44. The van der Waals surface area contributed by atoms with Crippen LogP contribution in [0, 0.1) is 0 Å². The molecule has 0 atom stereocenters. The molecule has 7 nitrogen and oxygen atoms in total. The van der Waals surface area contributed by atoms with Gasteiger partial charge in [-0.05, 0) is 31.3 Å². The third kappa shape index (κ3) is 3.72. The van der Waals surface area contributed by atoms with Crippen LogP contribution in [0.5, 0.6) is 0 Å². The van der Waals surface area contributed by atoms with Gasteiger partial charge in [0.05, 0.1) is 21.6 Å². The number of likely N-dealkylation sites (N-methyl/N-ethyl adjacent to an activating group) is 1. The zero-order valence-corrected chi connectivity index (χ0v) is 14.2. The van der Waals surface area contributed by atoms with Crippen molar-refractivity contribution in [2.75, 3.05) is 43.4 Å². The number of hydrogen-bond donors (Lipinski definition) is 2. The molecule has 0 unspecified atom stereocenters. The molecule has 1 aliphatic rings. The number of carbonyl (C=O) groups is 2. The Balaban J connectivity index is 1.63. The first-order valence-corrected chi connectivity index (χ1v) is 8.45. The minimum Gasteiger partial charge on any atom is -0.368 e. The Hall–Kier alpha value is -2.45. The Labute approximate surface area is 144 Å². The highest BCUT2D eigenvalue weighted by Crippen LogP contribution is 2.19. The first kappa shape index (κ1) is 16.4. The van der Waals surface area contributed by atoms with Crippen LogP contribution < -0.4 is 16.0 Å². The third-order valence-corrected chi connectivity index (χ3v) is 5.03. The van der Waals surface area contributed by atoms with E-state index < -0.39 is 5.91 Å². The predicted molar refractivity (Wildman–Crippen MR) is 94.7 cm³/mol. The molecule has 3 heterocycles. The number of hydrogen-bond acceptors (Lipinski definition) is 6. The molecule has 2 aromatic rings. The van der Waals surface area contributed by atoms with E-state index in [2.05, 4.69) is 27.1 Å². The average molecular weight is 345 g/mol. The van der Waals surface area contributed by atoms with Crippen LogP contribution in [0.15, 0.2) is 30.5 Å². The second-order valence-corrected chi connectivity index (χ2v) is 6.76. The normalized spacial score (nSPS) is 15.3. The van der Waals surface area contributed by atoms with E-state index in [-0.39, 0.29) is 5.91 Å². The zero-order valence-electron chi connectivity index (χ0n) is 13.4. The predicted octanol–water partition coefficient (Wildman–Crippen LogP) is 1.25. The molecule has 8 heteroatoms. The van der Waals surface area contributed by atoms with E-state index in [1.165, 1.54) is 0 Å². The molecule has 2 amide bonds. The van der Waals surface area contributed by atoms with Crippen LogP contribution in [0.3, 0.4) is 0 Å². The largest absolute Gasteiger partial charge is 0.368 e. The number of nitrogens with two attached hydrogens (primary N) is 1. The number of piperazine rings is 1. The van der Waals surface area contributed by atoms with E-state index >= 15 is 0 Å². The quantitative estimate of drug-likeness (QED) is 0.870. The molecule has 0 bridgehead atoms. The van der Waals surface area contributed by atoms with Gasteiger partial charge in [-0.3, -0.25) is 9.59 Å². The van der Waals surface area contributed by atoms with Crippen LogP contribution in [0.25, 0.3) is 0 Å². The fourth-order valence-corrected chi connectivity index (χ4v) is 3.24. The maximum absolute atomic E-state index is 12.2. The van der Waals surface area contributed by atoms with Crippen molar-refractivity contribution in [3.05, 3.63) is 40.2 Å². The van der Waals surface area contributed by atoms with E-state index in [1.54, 1.807) is 24.4 Å². The molecule has 0 radical (unpaired) electrons. The van der Waals surface area contributed by atoms with Gasteiger partial charge in [0.1, 0.15) is 5.82 Å². The molecule has 0 aromatic carbocycles. The smallest absolute Gasteiger partial charge is 0.266 e. The molecule has 0 saturated carbocycles. The van der Waals surface area contributed by atoms with Crippen LogP contribution in [-0.2, 0) is 0 Å². The second kappa shape index (κ2) is 6.98. The topological polar surface area (TPSA) is 91.6 Å². The van der Waals surface area contributed by atoms with Gasteiger partial charge in [0.25, 0.3) is 11.8 Å². The molecular weight excluding hydrogens is 326 g/mol. The third-order valence-electron chi connectivity index (χ3n) is 3.93. The Morgan fingerprint density at radius 2 is 1.83 bits per heavy atom. The van der Waals surface area contributed by atoms with Crippen molar-refractivity contribution in [1.82, 2.24) is 9.88 Å². The van der Waals surface area contributed by atoms with Crippen LogP contribution in [0.4, 0.5) is 11.5 Å². The van der Waals surface area contributed by atoms with Gasteiger partial charge in [-0.2, -0.15) is 0 Å². The number of nitrogens with one attached hydrogen (secondary N) is 1. The number of amides is 2. The van der Waals surface area contributed by atoms with Crippen molar-refractivity contribution < 1.29 is 9.59 Å². The molecule has 24 heavy (non-hydrogen) atoms. The standard InChI is InChI=1S/C16H19N5O2S/c1-20-6-8-21(9-7-20)11-2-5-14(18-10-11)19-16(23)13-4-3-12(24-13)15(17)22/h2-5,10H,6-9H2,1H3,(H2,17,22)(H,18,19,23). The molecule has 0 aliphatic carbocycles. The number of pyridine rings is 1. The van der Waals surface area contributed by atoms with E-state index in [0.29, 0.717) is 15.6 Å². The lowest BCUT2D eigenvalue weighted by Gasteiger charge is -2.33. The average Bonchev–Trinajstić information content (AvgIpc) is 3.07. The summed E-state index contributed by atoms with van der Waals surface area (Å²) in [5, 5.41) is 2.73. The van der Waals surface area contributed by atoms with Gasteiger partial charge < -0.3 is 20.9 Å². The fraction of sp³-hybridized carbons (Fsp3) is 0.312. The Bertz CT molecular complexity index is 735. The van der Waals surface area contributed by atoms with Gasteiger partial charge >= 0.3 is 0 Å². The molecular formula is C16H19N5O2S. The van der Waals surface area contributed by atoms with Crippen molar-refractivity contribution in [1.29, 1.82) is 0 Å². The highest BCUT2D eigenvalue weighted by atomic mass is 32.1. The number of primary amides is 1. The van der Waals surface area contributed by atoms with Gasteiger partial charge in [0.2, 0.25) is 0 Å². The summed E-state index contributed by atoms with van der Waals surface area (Å²) in [5.74, 6) is -0.354. The summed E-state index contributed by atoms with van der Waals surface area (Å²) in [6.45, 7) is 3.99. The Morgan fingerprint density at radius 1 is 1.12 bits per heavy atom. The summed E-state index contributed by atoms with van der Waals surface area (Å²) < 4.78 is 0. The first-order valence-electron chi connectivity index (χ1n) is 7.63. The van der Waals surface area contributed by atoms with Crippen LogP contribution in [0.1, 0.15) is 19.3 Å². The molecule has 2 aromatic heterocycles. The van der Waals surface area contributed by atoms with E-state index in [1.807, 2.05) is 6.07 Å². The summed E-state index contributed by atoms with van der Waals surface area (Å²) in [5.41, 5.74) is 6.24. The monoisotopic (exact) mass is 345 g/mol. The van der Waals surface area contributed by atoms with Gasteiger partial charge in [-0.1, -0.05) is 0 Å². The van der Waals surface area contributed by atoms with Crippen LogP contribution in [-0.4, -0.2) is 54.9 Å². The maximum Gasteiger partial charge on any atom is 0.266 e. The lowest BCUT2D eigenvalue weighted by atomic mass is 10.3. The van der Waals surface area contributed by atoms with E-state index in [4.69, 9.17) is 5.73 Å². The second-order valence-electron chi connectivity index (χ2n) is 5.67. The molecule has 126 valence electrons. The minimum absolute atomic E-state index is 0.299. The molecule has 3 N–H and O–H groups in total. The summed E-state index contributed by atoms with van der Waals surface area (Å²) in [6, 6.07) is 6.87. The first-order chi connectivity index (χ1) is 11.5. The maximum atomic E-state index is 12.2. The summed E-state index contributed by atoms with van der Waals surface area (Å²) in [7, 11) is 2.11. The van der Waals surface area contributed by atoms with E-state index in [9.17, 15) is 9.59 Å². The summed E-state index contributed by atoms with van der Waals surface area (Å²) in [6.07, 6.45) is 1.77. The number of aromatic nitrogens is 1. The number of anilines is 2. The number of rotatable bonds is 4. The highest BCUT2D eigenvalue weighted by Gasteiger charge is 2.15.